The maximum atomic E-state index is 12.8. The number of hydrogen-bond acceptors (Lipinski definition) is 4. The molecule has 2 atom stereocenters. The molecule has 6 nitrogen and oxygen atoms in total. The van der Waals surface area contributed by atoms with Gasteiger partial charge in [0.15, 0.2) is 0 Å². The molecule has 3 aromatic rings. The van der Waals surface area contributed by atoms with Gasteiger partial charge in [-0.25, -0.2) is 4.79 Å². The summed E-state index contributed by atoms with van der Waals surface area (Å²) in [6.07, 6.45) is 0.502. The van der Waals surface area contributed by atoms with Gasteiger partial charge in [-0.2, -0.15) is 0 Å². The van der Waals surface area contributed by atoms with Gasteiger partial charge in [-0.3, -0.25) is 4.79 Å². The van der Waals surface area contributed by atoms with E-state index < -0.39 is 12.1 Å². The zero-order chi connectivity index (χ0) is 24.2. The summed E-state index contributed by atoms with van der Waals surface area (Å²) in [5, 5.41) is 5.67. The summed E-state index contributed by atoms with van der Waals surface area (Å²) in [6, 6.07) is 26.2. The van der Waals surface area contributed by atoms with Crippen molar-refractivity contribution in [3.05, 3.63) is 102 Å². The van der Waals surface area contributed by atoms with Crippen molar-refractivity contribution in [1.82, 2.24) is 10.6 Å². The van der Waals surface area contributed by atoms with Gasteiger partial charge in [0, 0.05) is 12.5 Å². The first kappa shape index (κ1) is 24.8. The number of benzene rings is 3. The summed E-state index contributed by atoms with van der Waals surface area (Å²) < 4.78 is 11.2. The van der Waals surface area contributed by atoms with E-state index in [1.807, 2.05) is 98.8 Å². The summed E-state index contributed by atoms with van der Waals surface area (Å²) in [6.45, 7) is 4.55. The molecule has 2 N–H and O–H groups in total. The van der Waals surface area contributed by atoms with Gasteiger partial charge in [-0.15, -0.1) is 0 Å². The predicted molar refractivity (Wildman–Crippen MR) is 132 cm³/mol. The highest BCUT2D eigenvalue weighted by Crippen LogP contribution is 2.16. The smallest absolute Gasteiger partial charge is 0.408 e. The molecule has 0 bridgehead atoms. The van der Waals surface area contributed by atoms with Gasteiger partial charge >= 0.3 is 6.09 Å². The Morgan fingerprint density at radius 1 is 0.765 bits per heavy atom. The number of carbonyl (C=O) groups excluding carboxylic acids is 2. The van der Waals surface area contributed by atoms with E-state index in [2.05, 4.69) is 10.6 Å². The third-order valence-electron chi connectivity index (χ3n) is 5.43. The lowest BCUT2D eigenvalue weighted by molar-refractivity contribution is -0.123. The maximum absolute atomic E-state index is 12.8. The van der Waals surface area contributed by atoms with E-state index >= 15 is 0 Å². The second-order valence-corrected chi connectivity index (χ2v) is 8.20. The summed E-state index contributed by atoms with van der Waals surface area (Å²) in [5.74, 6) is 0.499. The SMILES string of the molecule is CC[C@@H](C)NC(=O)[C@H](Cc1ccc(OCc2ccccc2)cc1)NC(=O)OCc1ccccc1. The summed E-state index contributed by atoms with van der Waals surface area (Å²) in [7, 11) is 0. The van der Waals surface area contributed by atoms with Crippen molar-refractivity contribution < 1.29 is 19.1 Å². The van der Waals surface area contributed by atoms with E-state index in [0.29, 0.717) is 13.0 Å². The van der Waals surface area contributed by atoms with Crippen molar-refractivity contribution in [1.29, 1.82) is 0 Å². The number of amides is 2. The molecule has 0 unspecified atom stereocenters. The number of carbonyl (C=O) groups is 2. The number of hydrogen-bond donors (Lipinski definition) is 2. The van der Waals surface area contributed by atoms with Gasteiger partial charge in [0.1, 0.15) is 25.0 Å². The molecule has 0 fully saturated rings. The number of nitrogens with one attached hydrogen (secondary N) is 2. The molecule has 6 heteroatoms. The van der Waals surface area contributed by atoms with Crippen LogP contribution in [0.15, 0.2) is 84.9 Å². The summed E-state index contributed by atoms with van der Waals surface area (Å²) in [5.41, 5.74) is 2.87. The van der Waals surface area contributed by atoms with Gasteiger partial charge in [-0.05, 0) is 42.2 Å². The molecule has 0 spiro atoms. The van der Waals surface area contributed by atoms with Crippen molar-refractivity contribution in [2.75, 3.05) is 0 Å². The minimum atomic E-state index is -0.756. The Labute approximate surface area is 201 Å². The van der Waals surface area contributed by atoms with Gasteiger partial charge in [0.05, 0.1) is 0 Å². The quantitative estimate of drug-likeness (QED) is 0.421. The third kappa shape index (κ3) is 8.28. The van der Waals surface area contributed by atoms with Crippen molar-refractivity contribution in [2.45, 2.75) is 52.0 Å². The van der Waals surface area contributed by atoms with Gasteiger partial charge in [0.2, 0.25) is 5.91 Å². The van der Waals surface area contributed by atoms with Crippen LogP contribution in [0.1, 0.15) is 37.0 Å². The molecule has 0 aliphatic rings. The topological polar surface area (TPSA) is 76.7 Å². The molecule has 3 aromatic carbocycles. The first-order valence-electron chi connectivity index (χ1n) is 11.6. The Morgan fingerprint density at radius 3 is 1.94 bits per heavy atom. The molecule has 0 aliphatic heterocycles. The maximum Gasteiger partial charge on any atom is 0.408 e. The van der Waals surface area contributed by atoms with Crippen LogP contribution >= 0.6 is 0 Å². The molecule has 0 aromatic heterocycles. The average molecular weight is 461 g/mol. The lowest BCUT2D eigenvalue weighted by Crippen LogP contribution is -2.50. The first-order chi connectivity index (χ1) is 16.5. The highest BCUT2D eigenvalue weighted by atomic mass is 16.5. The van der Waals surface area contributed by atoms with Crippen LogP contribution in [0.2, 0.25) is 0 Å². The fourth-order valence-corrected chi connectivity index (χ4v) is 3.26. The van der Waals surface area contributed by atoms with Gasteiger partial charge in [-0.1, -0.05) is 79.7 Å². The van der Waals surface area contributed by atoms with Crippen LogP contribution in [0.3, 0.4) is 0 Å². The molecule has 0 saturated heterocycles. The number of ether oxygens (including phenoxy) is 2. The fraction of sp³-hybridized carbons (Fsp3) is 0.286. The van der Waals surface area contributed by atoms with Gasteiger partial charge in [0.25, 0.3) is 0 Å². The molecule has 0 heterocycles. The molecular formula is C28H32N2O4. The van der Waals surface area contributed by atoms with E-state index in [-0.39, 0.29) is 18.6 Å². The van der Waals surface area contributed by atoms with Crippen LogP contribution in [0, 0.1) is 0 Å². The van der Waals surface area contributed by atoms with E-state index in [1.54, 1.807) is 0 Å². The molecular weight excluding hydrogens is 428 g/mol. The third-order valence-corrected chi connectivity index (χ3v) is 5.43. The van der Waals surface area contributed by atoms with Crippen LogP contribution in [0.4, 0.5) is 4.79 Å². The van der Waals surface area contributed by atoms with Crippen LogP contribution in [-0.4, -0.2) is 24.1 Å². The number of rotatable bonds is 11. The highest BCUT2D eigenvalue weighted by molar-refractivity contribution is 5.86. The first-order valence-corrected chi connectivity index (χ1v) is 11.6. The number of alkyl carbamates (subject to hydrolysis) is 1. The summed E-state index contributed by atoms with van der Waals surface area (Å²) in [4.78, 5) is 25.3. The van der Waals surface area contributed by atoms with Crippen LogP contribution in [0.5, 0.6) is 5.75 Å². The highest BCUT2D eigenvalue weighted by Gasteiger charge is 2.23. The van der Waals surface area contributed by atoms with Crippen molar-refractivity contribution in [3.63, 3.8) is 0 Å². The largest absolute Gasteiger partial charge is 0.489 e. The predicted octanol–water partition coefficient (Wildman–Crippen LogP) is 5.02. The van der Waals surface area contributed by atoms with Crippen molar-refractivity contribution in [3.8, 4) is 5.75 Å². The molecule has 178 valence electrons. The van der Waals surface area contributed by atoms with E-state index in [1.165, 1.54) is 0 Å². The molecule has 0 aliphatic carbocycles. The molecule has 0 radical (unpaired) electrons. The second kappa shape index (κ2) is 13.0. The normalized spacial score (nSPS) is 12.3. The van der Waals surface area contributed by atoms with Crippen molar-refractivity contribution >= 4 is 12.0 Å². The molecule has 3 rings (SSSR count). The Hall–Kier alpha value is -3.80. The standard InChI is InChI=1S/C28H32N2O4/c1-3-21(2)29-27(31)26(30-28(32)34-20-24-12-8-5-9-13-24)18-22-14-16-25(17-15-22)33-19-23-10-6-4-7-11-23/h4-17,21,26H,3,18-20H2,1-2H3,(H,29,31)(H,30,32)/t21-,26+/m1/s1. The molecule has 34 heavy (non-hydrogen) atoms. The Balaban J connectivity index is 1.59. The second-order valence-electron chi connectivity index (χ2n) is 8.20. The zero-order valence-electron chi connectivity index (χ0n) is 19.7. The average Bonchev–Trinajstić information content (AvgIpc) is 2.87. The minimum Gasteiger partial charge on any atom is -0.489 e. The van der Waals surface area contributed by atoms with E-state index in [9.17, 15) is 9.59 Å². The fourth-order valence-electron chi connectivity index (χ4n) is 3.26. The van der Waals surface area contributed by atoms with Crippen LogP contribution in [-0.2, 0) is 29.2 Å². The van der Waals surface area contributed by atoms with Crippen LogP contribution < -0.4 is 15.4 Å². The lowest BCUT2D eigenvalue weighted by Gasteiger charge is -2.21. The minimum absolute atomic E-state index is 0.00546. The van der Waals surface area contributed by atoms with E-state index in [4.69, 9.17) is 9.47 Å². The monoisotopic (exact) mass is 460 g/mol. The molecule has 0 saturated carbocycles. The zero-order valence-corrected chi connectivity index (χ0v) is 19.7. The molecule has 2 amide bonds. The van der Waals surface area contributed by atoms with Crippen molar-refractivity contribution in [2.24, 2.45) is 0 Å². The lowest BCUT2D eigenvalue weighted by atomic mass is 10.0. The van der Waals surface area contributed by atoms with Gasteiger partial charge < -0.3 is 20.1 Å². The van der Waals surface area contributed by atoms with Crippen LogP contribution in [0.25, 0.3) is 0 Å². The summed E-state index contributed by atoms with van der Waals surface area (Å²) >= 11 is 0. The Bertz CT molecular complexity index is 1020. The Morgan fingerprint density at radius 2 is 1.35 bits per heavy atom. The van der Waals surface area contributed by atoms with E-state index in [0.717, 1.165) is 28.9 Å². The Kier molecular flexibility index (Phi) is 9.52.